The zero-order valence-corrected chi connectivity index (χ0v) is 13.0. The van der Waals surface area contributed by atoms with Crippen molar-refractivity contribution in [2.24, 2.45) is 5.73 Å². The van der Waals surface area contributed by atoms with E-state index in [1.165, 1.54) is 37.4 Å². The number of morpholine rings is 1. The molecule has 0 spiro atoms. The van der Waals surface area contributed by atoms with Gasteiger partial charge in [-0.2, -0.15) is 11.8 Å². The molecule has 4 nitrogen and oxygen atoms in total. The molecule has 0 aromatic rings. The fourth-order valence-corrected chi connectivity index (χ4v) is 3.88. The number of hydrogen-bond donors (Lipinski definition) is 1. The summed E-state index contributed by atoms with van der Waals surface area (Å²) in [5.41, 5.74) is 5.97. The first-order valence-electron chi connectivity index (χ1n) is 7.68. The van der Waals surface area contributed by atoms with Crippen molar-refractivity contribution >= 4 is 11.8 Å². The van der Waals surface area contributed by atoms with Gasteiger partial charge in [-0.3, -0.25) is 9.80 Å². The first-order valence-corrected chi connectivity index (χ1v) is 8.84. The SMILES string of the molecule is CCSCCC(CN)N1CCC(N2CCOCC2)C1. The van der Waals surface area contributed by atoms with Crippen LogP contribution in [-0.4, -0.2) is 79.3 Å². The van der Waals surface area contributed by atoms with E-state index >= 15 is 0 Å². The van der Waals surface area contributed by atoms with Gasteiger partial charge >= 0.3 is 0 Å². The maximum absolute atomic E-state index is 5.97. The van der Waals surface area contributed by atoms with Crippen molar-refractivity contribution in [3.8, 4) is 0 Å². The van der Waals surface area contributed by atoms with Crippen LogP contribution in [0.5, 0.6) is 0 Å². The average molecular weight is 287 g/mol. The summed E-state index contributed by atoms with van der Waals surface area (Å²) in [6.45, 7) is 9.49. The molecule has 19 heavy (non-hydrogen) atoms. The minimum absolute atomic E-state index is 0.588. The highest BCUT2D eigenvalue weighted by atomic mass is 32.2. The number of rotatable bonds is 7. The predicted octanol–water partition coefficient (Wildman–Crippen LogP) is 0.863. The number of hydrogen-bond acceptors (Lipinski definition) is 5. The van der Waals surface area contributed by atoms with Crippen molar-refractivity contribution in [1.82, 2.24) is 9.80 Å². The van der Waals surface area contributed by atoms with Gasteiger partial charge in [-0.25, -0.2) is 0 Å². The van der Waals surface area contributed by atoms with E-state index in [1.807, 2.05) is 11.8 Å². The molecule has 2 unspecified atom stereocenters. The van der Waals surface area contributed by atoms with Crippen LogP contribution in [0.15, 0.2) is 0 Å². The molecule has 2 saturated heterocycles. The first-order chi connectivity index (χ1) is 9.35. The molecule has 2 rings (SSSR count). The number of nitrogens with two attached hydrogens (primary N) is 1. The van der Waals surface area contributed by atoms with Crippen LogP contribution < -0.4 is 5.73 Å². The maximum Gasteiger partial charge on any atom is 0.0594 e. The summed E-state index contributed by atoms with van der Waals surface area (Å²) < 4.78 is 5.44. The van der Waals surface area contributed by atoms with Gasteiger partial charge in [0.15, 0.2) is 0 Å². The third-order valence-corrected chi connectivity index (χ3v) is 5.28. The van der Waals surface area contributed by atoms with Crippen LogP contribution in [0.25, 0.3) is 0 Å². The lowest BCUT2D eigenvalue weighted by atomic mass is 10.2. The number of thioether (sulfide) groups is 1. The maximum atomic E-state index is 5.97. The fourth-order valence-electron chi connectivity index (χ4n) is 3.15. The fraction of sp³-hybridized carbons (Fsp3) is 1.00. The second-order valence-corrected chi connectivity index (χ2v) is 6.85. The molecule has 0 amide bonds. The van der Waals surface area contributed by atoms with E-state index in [2.05, 4.69) is 16.7 Å². The zero-order chi connectivity index (χ0) is 13.5. The average Bonchev–Trinajstić information content (AvgIpc) is 2.94. The molecule has 0 radical (unpaired) electrons. The van der Waals surface area contributed by atoms with E-state index in [0.29, 0.717) is 6.04 Å². The van der Waals surface area contributed by atoms with Gasteiger partial charge in [0, 0.05) is 44.8 Å². The molecule has 2 aliphatic heterocycles. The van der Waals surface area contributed by atoms with Gasteiger partial charge in [-0.05, 0) is 24.3 Å². The van der Waals surface area contributed by atoms with Gasteiger partial charge in [0.05, 0.1) is 13.2 Å². The van der Waals surface area contributed by atoms with Gasteiger partial charge < -0.3 is 10.5 Å². The third kappa shape index (κ3) is 4.60. The van der Waals surface area contributed by atoms with Crippen LogP contribution in [0.4, 0.5) is 0 Å². The Kier molecular flexibility index (Phi) is 6.94. The van der Waals surface area contributed by atoms with Crippen molar-refractivity contribution in [3.63, 3.8) is 0 Å². The highest BCUT2D eigenvalue weighted by molar-refractivity contribution is 7.99. The van der Waals surface area contributed by atoms with Gasteiger partial charge in [0.2, 0.25) is 0 Å². The molecule has 2 fully saturated rings. The molecule has 2 aliphatic rings. The molecule has 112 valence electrons. The quantitative estimate of drug-likeness (QED) is 0.704. The smallest absolute Gasteiger partial charge is 0.0594 e. The Hall–Kier alpha value is 0.190. The highest BCUT2D eigenvalue weighted by Gasteiger charge is 2.31. The predicted molar refractivity (Wildman–Crippen MR) is 82.8 cm³/mol. The van der Waals surface area contributed by atoms with Gasteiger partial charge in [0.1, 0.15) is 0 Å². The molecular weight excluding hydrogens is 258 g/mol. The van der Waals surface area contributed by atoms with E-state index in [-0.39, 0.29) is 0 Å². The number of ether oxygens (including phenoxy) is 1. The summed E-state index contributed by atoms with van der Waals surface area (Å²) in [6, 6.07) is 1.32. The van der Waals surface area contributed by atoms with Crippen LogP contribution in [-0.2, 0) is 4.74 Å². The van der Waals surface area contributed by atoms with E-state index in [0.717, 1.165) is 38.9 Å². The molecule has 2 N–H and O–H groups in total. The standard InChI is InChI=1S/C14H29N3OS/c1-2-19-10-4-13(11-15)17-5-3-14(12-17)16-6-8-18-9-7-16/h13-14H,2-12,15H2,1H3. The summed E-state index contributed by atoms with van der Waals surface area (Å²) in [6.07, 6.45) is 2.54. The lowest BCUT2D eigenvalue weighted by Crippen LogP contribution is -2.46. The molecule has 0 aromatic heterocycles. The Labute approximate surface area is 122 Å². The summed E-state index contributed by atoms with van der Waals surface area (Å²) in [5, 5.41) is 0. The Balaban J connectivity index is 1.75. The first kappa shape index (κ1) is 15.6. The van der Waals surface area contributed by atoms with E-state index in [1.54, 1.807) is 0 Å². The van der Waals surface area contributed by atoms with Crippen LogP contribution >= 0.6 is 11.8 Å². The third-order valence-electron chi connectivity index (χ3n) is 4.34. The topological polar surface area (TPSA) is 41.7 Å². The molecule has 0 aromatic carbocycles. The second kappa shape index (κ2) is 8.47. The molecule has 5 heteroatoms. The summed E-state index contributed by atoms with van der Waals surface area (Å²) >= 11 is 2.03. The van der Waals surface area contributed by atoms with Crippen molar-refractivity contribution in [3.05, 3.63) is 0 Å². The lowest BCUT2D eigenvalue weighted by Gasteiger charge is -2.33. The molecule has 2 atom stereocenters. The van der Waals surface area contributed by atoms with E-state index < -0.39 is 0 Å². The van der Waals surface area contributed by atoms with Crippen LogP contribution in [0, 0.1) is 0 Å². The van der Waals surface area contributed by atoms with Gasteiger partial charge in [0.25, 0.3) is 0 Å². The van der Waals surface area contributed by atoms with Gasteiger partial charge in [-0.1, -0.05) is 6.92 Å². The number of nitrogens with zero attached hydrogens (tertiary/aromatic N) is 2. The normalized spacial score (nSPS) is 27.8. The number of likely N-dealkylation sites (tertiary alicyclic amines) is 1. The summed E-state index contributed by atoms with van der Waals surface area (Å²) in [4.78, 5) is 5.23. The Bertz CT molecular complexity index is 249. The minimum Gasteiger partial charge on any atom is -0.379 e. The summed E-state index contributed by atoms with van der Waals surface area (Å²) in [7, 11) is 0. The molecule has 0 saturated carbocycles. The van der Waals surface area contributed by atoms with Crippen molar-refractivity contribution < 1.29 is 4.74 Å². The van der Waals surface area contributed by atoms with Crippen molar-refractivity contribution in [2.45, 2.75) is 31.8 Å². The van der Waals surface area contributed by atoms with Crippen LogP contribution in [0.2, 0.25) is 0 Å². The molecule has 2 heterocycles. The minimum atomic E-state index is 0.588. The Morgan fingerprint density at radius 2 is 2.11 bits per heavy atom. The highest BCUT2D eigenvalue weighted by Crippen LogP contribution is 2.20. The lowest BCUT2D eigenvalue weighted by molar-refractivity contribution is 0.0176. The van der Waals surface area contributed by atoms with Crippen LogP contribution in [0.3, 0.4) is 0 Å². The van der Waals surface area contributed by atoms with E-state index in [4.69, 9.17) is 10.5 Å². The molecule has 0 bridgehead atoms. The second-order valence-electron chi connectivity index (χ2n) is 5.46. The largest absolute Gasteiger partial charge is 0.379 e. The zero-order valence-electron chi connectivity index (χ0n) is 12.2. The molecule has 0 aliphatic carbocycles. The van der Waals surface area contributed by atoms with Gasteiger partial charge in [-0.15, -0.1) is 0 Å². The van der Waals surface area contributed by atoms with Crippen molar-refractivity contribution in [1.29, 1.82) is 0 Å². The van der Waals surface area contributed by atoms with E-state index in [9.17, 15) is 0 Å². The Morgan fingerprint density at radius 1 is 1.32 bits per heavy atom. The molecular formula is C14H29N3OS. The van der Waals surface area contributed by atoms with Crippen LogP contribution in [0.1, 0.15) is 19.8 Å². The Morgan fingerprint density at radius 3 is 2.79 bits per heavy atom. The summed E-state index contributed by atoms with van der Waals surface area (Å²) in [5.74, 6) is 2.46. The monoisotopic (exact) mass is 287 g/mol. The van der Waals surface area contributed by atoms with Crippen molar-refractivity contribution in [2.75, 3.05) is 57.4 Å².